The van der Waals surface area contributed by atoms with Crippen molar-refractivity contribution in [1.29, 1.82) is 0 Å². The Morgan fingerprint density at radius 1 is 0.821 bits per heavy atom. The fourth-order valence-electron chi connectivity index (χ4n) is 5.06. The van der Waals surface area contributed by atoms with Gasteiger partial charge in [-0.1, -0.05) is 29.4 Å². The predicted molar refractivity (Wildman–Crippen MR) is 207 cm³/mol. The molecule has 0 aliphatic carbocycles. The molecule has 3 heterocycles. The summed E-state index contributed by atoms with van der Waals surface area (Å²) in [4.78, 5) is 79.3. The molecular formula is C40H50N6O10. The third-order valence-electron chi connectivity index (χ3n) is 7.57. The zero-order chi connectivity index (χ0) is 41.7. The normalized spacial score (nSPS) is 12.4. The number of hydrogen-bond acceptors (Lipinski definition) is 13. The lowest BCUT2D eigenvalue weighted by Crippen LogP contribution is -2.44. The Kier molecular flexibility index (Phi) is 12.8. The maximum Gasteiger partial charge on any atom is 0.425 e. The number of amides is 3. The van der Waals surface area contributed by atoms with Gasteiger partial charge in [-0.05, 0) is 87.8 Å². The van der Waals surface area contributed by atoms with Crippen molar-refractivity contribution in [2.45, 2.75) is 105 Å². The van der Waals surface area contributed by atoms with E-state index in [9.17, 15) is 24.0 Å². The molecule has 1 atom stereocenters. The van der Waals surface area contributed by atoms with E-state index in [0.717, 1.165) is 5.56 Å². The van der Waals surface area contributed by atoms with Crippen molar-refractivity contribution < 1.29 is 42.6 Å². The lowest BCUT2D eigenvalue weighted by atomic mass is 10.0. The second-order valence-corrected chi connectivity index (χ2v) is 16.0. The van der Waals surface area contributed by atoms with Gasteiger partial charge in [-0.25, -0.2) is 24.4 Å². The summed E-state index contributed by atoms with van der Waals surface area (Å²) in [5.74, 6) is -1.76. The number of nitrogens with zero attached hydrogens (tertiary/aromatic N) is 5. The fraction of sp³-hybridized carbons (Fsp3) is 0.450. The van der Waals surface area contributed by atoms with Crippen LogP contribution in [0, 0.1) is 0 Å². The van der Waals surface area contributed by atoms with Crippen LogP contribution in [0.4, 0.5) is 20.2 Å². The Labute approximate surface area is 325 Å². The third kappa shape index (κ3) is 11.2. The van der Waals surface area contributed by atoms with E-state index < -0.39 is 52.5 Å². The first-order valence-corrected chi connectivity index (χ1v) is 18.0. The number of carbonyl (C=O) groups is 4. The average molecular weight is 775 g/mol. The topological polar surface area (TPSA) is 196 Å². The molecule has 0 saturated heterocycles. The number of hydrogen-bond donors (Lipinski definition) is 1. The Morgan fingerprint density at radius 2 is 1.39 bits per heavy atom. The Hall–Kier alpha value is -6.06. The molecule has 300 valence electrons. The first kappa shape index (κ1) is 42.7. The van der Waals surface area contributed by atoms with E-state index in [1.165, 1.54) is 23.4 Å². The highest BCUT2D eigenvalue weighted by atomic mass is 16.6. The number of imide groups is 1. The van der Waals surface area contributed by atoms with Crippen molar-refractivity contribution in [2.75, 3.05) is 18.6 Å². The van der Waals surface area contributed by atoms with Crippen LogP contribution >= 0.6 is 0 Å². The summed E-state index contributed by atoms with van der Waals surface area (Å²) in [5, 5.41) is 4.24. The molecule has 1 aromatic carbocycles. The molecule has 0 spiro atoms. The number of rotatable bonds is 9. The zero-order valence-electron chi connectivity index (χ0n) is 33.9. The van der Waals surface area contributed by atoms with Crippen molar-refractivity contribution in [3.63, 3.8) is 0 Å². The number of ether oxygens (including phenoxy) is 4. The minimum Gasteiger partial charge on any atom is -0.466 e. The summed E-state index contributed by atoms with van der Waals surface area (Å²) in [7, 11) is 1.64. The van der Waals surface area contributed by atoms with Crippen LogP contribution < -0.4 is 10.5 Å². The molecule has 16 nitrogen and oxygen atoms in total. The minimum absolute atomic E-state index is 0.0137. The average Bonchev–Trinajstić information content (AvgIpc) is 3.57. The quantitative estimate of drug-likeness (QED) is 0.128. The van der Waals surface area contributed by atoms with Gasteiger partial charge in [0.1, 0.15) is 22.5 Å². The molecule has 56 heavy (non-hydrogen) atoms. The van der Waals surface area contributed by atoms with Gasteiger partial charge in [0.05, 0.1) is 24.4 Å². The highest BCUT2D eigenvalue weighted by molar-refractivity contribution is 6.10. The van der Waals surface area contributed by atoms with Gasteiger partial charge in [0.15, 0.2) is 17.3 Å². The van der Waals surface area contributed by atoms with E-state index in [1.807, 2.05) is 12.1 Å². The van der Waals surface area contributed by atoms with Crippen LogP contribution in [0.5, 0.6) is 0 Å². The lowest BCUT2D eigenvalue weighted by molar-refractivity contribution is -0.144. The number of benzene rings is 1. The Morgan fingerprint density at radius 3 is 1.95 bits per heavy atom. The van der Waals surface area contributed by atoms with Gasteiger partial charge in [-0.15, -0.1) is 0 Å². The summed E-state index contributed by atoms with van der Waals surface area (Å²) >= 11 is 0. The molecule has 4 rings (SSSR count). The van der Waals surface area contributed by atoms with Crippen LogP contribution in [0.15, 0.2) is 58.1 Å². The number of esters is 1. The molecule has 0 fully saturated rings. The monoisotopic (exact) mass is 774 g/mol. The molecule has 1 unspecified atom stereocenters. The molecule has 3 aromatic heterocycles. The summed E-state index contributed by atoms with van der Waals surface area (Å²) in [5.41, 5.74) is -0.751. The number of aromatic amines is 1. The van der Waals surface area contributed by atoms with E-state index in [0.29, 0.717) is 28.3 Å². The maximum atomic E-state index is 13.7. The van der Waals surface area contributed by atoms with Gasteiger partial charge < -0.3 is 33.4 Å². The van der Waals surface area contributed by atoms with Gasteiger partial charge in [0, 0.05) is 42.5 Å². The van der Waals surface area contributed by atoms with Gasteiger partial charge in [0.2, 0.25) is 0 Å². The Balaban J connectivity index is 1.83. The van der Waals surface area contributed by atoms with E-state index >= 15 is 0 Å². The standard InChI is InChI=1S/C40H50N6O10/c1-13-52-34(48)23(2)27-18-26(20-42-33(27)47)29-21-41-32(46(36(50)54-39(6,7)8)37(51)55-40(9,10)11)31(43-29)30-19-28(44-56-30)25-16-14-24(15-17-25)22-45(12)35(49)53-38(3,4)5/h14-21,23H,13,22H2,1-12H3,(H,42,47). The van der Waals surface area contributed by atoms with Gasteiger partial charge >= 0.3 is 24.2 Å². The Bertz CT molecular complexity index is 2090. The van der Waals surface area contributed by atoms with Gasteiger partial charge in [-0.3, -0.25) is 9.59 Å². The van der Waals surface area contributed by atoms with Crippen LogP contribution in [0.2, 0.25) is 0 Å². The lowest BCUT2D eigenvalue weighted by Gasteiger charge is -2.28. The van der Waals surface area contributed by atoms with Crippen molar-refractivity contribution in [1.82, 2.24) is 25.0 Å². The molecule has 4 aromatic rings. The molecule has 0 bridgehead atoms. The number of pyridine rings is 1. The van der Waals surface area contributed by atoms with Crippen molar-refractivity contribution >= 4 is 30.1 Å². The van der Waals surface area contributed by atoms with E-state index in [4.69, 9.17) is 28.5 Å². The van der Waals surface area contributed by atoms with Crippen molar-refractivity contribution in [3.8, 4) is 34.0 Å². The molecule has 16 heteroatoms. The summed E-state index contributed by atoms with van der Waals surface area (Å²) in [6, 6.07) is 10.3. The van der Waals surface area contributed by atoms with Gasteiger partial charge in [-0.2, -0.15) is 4.90 Å². The first-order valence-electron chi connectivity index (χ1n) is 18.0. The number of H-pyrrole nitrogens is 1. The summed E-state index contributed by atoms with van der Waals surface area (Å²) in [6.07, 6.45) is 0.0506. The molecule has 0 radical (unpaired) electrons. The SMILES string of the molecule is CCOC(=O)C(C)c1cc(-c2cnc(N(C(=O)OC(C)(C)C)C(=O)OC(C)(C)C)c(-c3cc(-c4ccc(CN(C)C(=O)OC(C)(C)C)cc4)no3)n2)c[nH]c1=O. The number of nitrogens with one attached hydrogen (secondary N) is 1. The van der Waals surface area contributed by atoms with Crippen LogP contribution in [0.3, 0.4) is 0 Å². The van der Waals surface area contributed by atoms with E-state index in [1.54, 1.807) is 101 Å². The molecule has 0 saturated carbocycles. The summed E-state index contributed by atoms with van der Waals surface area (Å²) in [6.45, 7) is 18.9. The first-order chi connectivity index (χ1) is 26.0. The molecule has 3 amide bonds. The van der Waals surface area contributed by atoms with E-state index in [2.05, 4.69) is 15.1 Å². The molecule has 1 N–H and O–H groups in total. The van der Waals surface area contributed by atoms with E-state index in [-0.39, 0.29) is 35.1 Å². The van der Waals surface area contributed by atoms with Crippen molar-refractivity contribution in [3.05, 3.63) is 70.3 Å². The highest BCUT2D eigenvalue weighted by Gasteiger charge is 2.37. The maximum absolute atomic E-state index is 13.7. The zero-order valence-corrected chi connectivity index (χ0v) is 33.9. The second kappa shape index (κ2) is 16.8. The van der Waals surface area contributed by atoms with Crippen LogP contribution in [0.25, 0.3) is 34.0 Å². The minimum atomic E-state index is -1.09. The van der Waals surface area contributed by atoms with Crippen LogP contribution in [-0.4, -0.2) is 79.7 Å². The molecule has 0 aliphatic heterocycles. The highest BCUT2D eigenvalue weighted by Crippen LogP contribution is 2.35. The van der Waals surface area contributed by atoms with Crippen molar-refractivity contribution in [2.24, 2.45) is 0 Å². The van der Waals surface area contributed by atoms with Crippen LogP contribution in [-0.2, 0) is 30.3 Å². The largest absolute Gasteiger partial charge is 0.466 e. The number of carbonyl (C=O) groups excluding carboxylic acids is 4. The molecule has 0 aliphatic rings. The predicted octanol–water partition coefficient (Wildman–Crippen LogP) is 7.86. The second-order valence-electron chi connectivity index (χ2n) is 16.0. The smallest absolute Gasteiger partial charge is 0.425 e. The number of aromatic nitrogens is 4. The van der Waals surface area contributed by atoms with Crippen LogP contribution in [0.1, 0.15) is 93.2 Å². The number of anilines is 1. The summed E-state index contributed by atoms with van der Waals surface area (Å²) < 4.78 is 27.6. The fourth-order valence-corrected chi connectivity index (χ4v) is 5.06. The molecular weight excluding hydrogens is 724 g/mol. The van der Waals surface area contributed by atoms with Gasteiger partial charge in [0.25, 0.3) is 5.56 Å². The third-order valence-corrected chi connectivity index (χ3v) is 7.57.